The number of para-hydroxylation sites is 1. The van der Waals surface area contributed by atoms with E-state index in [0.29, 0.717) is 18.2 Å². The third kappa shape index (κ3) is 2.51. The molecule has 0 unspecified atom stereocenters. The molecule has 2 aliphatic carbocycles. The van der Waals surface area contributed by atoms with Gasteiger partial charge >= 0.3 is 0 Å². The molecule has 1 aromatic heterocycles. The van der Waals surface area contributed by atoms with E-state index in [1.165, 1.54) is 5.69 Å². The molecule has 1 fully saturated rings. The largest absolute Gasteiger partial charge is 0.347 e. The first-order chi connectivity index (χ1) is 13.9. The number of nitrogens with zero attached hydrogens (tertiary/aromatic N) is 2. The van der Waals surface area contributed by atoms with Crippen molar-refractivity contribution in [2.24, 2.45) is 5.41 Å². The quantitative estimate of drug-likeness (QED) is 0.689. The zero-order valence-corrected chi connectivity index (χ0v) is 17.3. The molecule has 1 N–H and O–H groups in total. The molecule has 2 atom stereocenters. The molecule has 3 aromatic rings. The van der Waals surface area contributed by atoms with Gasteiger partial charge < -0.3 is 5.32 Å². The van der Waals surface area contributed by atoms with Crippen molar-refractivity contribution < 1.29 is 4.79 Å². The lowest BCUT2D eigenvalue weighted by molar-refractivity contribution is 0.0943. The van der Waals surface area contributed by atoms with Gasteiger partial charge in [-0.05, 0) is 41.9 Å². The van der Waals surface area contributed by atoms with Gasteiger partial charge in [0.15, 0.2) is 5.69 Å². The van der Waals surface area contributed by atoms with Gasteiger partial charge in [-0.1, -0.05) is 69.3 Å². The second-order valence-corrected chi connectivity index (χ2v) is 9.17. The summed E-state index contributed by atoms with van der Waals surface area (Å²) in [7, 11) is 0. The van der Waals surface area contributed by atoms with Gasteiger partial charge in [-0.3, -0.25) is 4.79 Å². The van der Waals surface area contributed by atoms with Gasteiger partial charge in [0, 0.05) is 17.5 Å². The third-order valence-electron chi connectivity index (χ3n) is 7.53. The van der Waals surface area contributed by atoms with Crippen molar-refractivity contribution in [1.82, 2.24) is 15.1 Å². The van der Waals surface area contributed by atoms with Crippen molar-refractivity contribution >= 4 is 5.91 Å². The Bertz CT molecular complexity index is 1070. The first-order valence-corrected chi connectivity index (χ1v) is 10.4. The molecule has 2 bridgehead atoms. The highest BCUT2D eigenvalue weighted by molar-refractivity contribution is 5.95. The summed E-state index contributed by atoms with van der Waals surface area (Å²) >= 11 is 0. The first kappa shape index (κ1) is 18.2. The maximum atomic E-state index is 13.2. The second kappa shape index (κ2) is 6.31. The van der Waals surface area contributed by atoms with Gasteiger partial charge in [-0.2, -0.15) is 5.10 Å². The van der Waals surface area contributed by atoms with E-state index in [-0.39, 0.29) is 16.7 Å². The number of benzene rings is 2. The summed E-state index contributed by atoms with van der Waals surface area (Å²) in [5.74, 6) is 0.296. The maximum absolute atomic E-state index is 13.2. The van der Waals surface area contributed by atoms with Crippen LogP contribution in [0.4, 0.5) is 0 Å². The van der Waals surface area contributed by atoms with E-state index < -0.39 is 0 Å². The Morgan fingerprint density at radius 3 is 2.41 bits per heavy atom. The van der Waals surface area contributed by atoms with Crippen LogP contribution in [0.1, 0.15) is 66.8 Å². The molecule has 0 radical (unpaired) electrons. The minimum absolute atomic E-state index is 0.0216. The highest BCUT2D eigenvalue weighted by Crippen LogP contribution is 2.68. The summed E-state index contributed by atoms with van der Waals surface area (Å²) < 4.78 is 2.04. The van der Waals surface area contributed by atoms with Gasteiger partial charge in [-0.15, -0.1) is 0 Å². The summed E-state index contributed by atoms with van der Waals surface area (Å²) in [5.41, 5.74) is 5.25. The summed E-state index contributed by atoms with van der Waals surface area (Å²) in [6.45, 7) is 7.57. The zero-order valence-electron chi connectivity index (χ0n) is 17.3. The van der Waals surface area contributed by atoms with E-state index in [1.807, 2.05) is 53.2 Å². The lowest BCUT2D eigenvalue weighted by atomic mass is 9.70. The van der Waals surface area contributed by atoms with E-state index in [4.69, 9.17) is 5.10 Å². The number of fused-ring (bicyclic) bond motifs is 5. The molecule has 148 valence electrons. The first-order valence-electron chi connectivity index (χ1n) is 10.4. The molecule has 2 aliphatic rings. The van der Waals surface area contributed by atoms with Crippen LogP contribution >= 0.6 is 0 Å². The van der Waals surface area contributed by atoms with Crippen LogP contribution in [0.15, 0.2) is 60.7 Å². The Morgan fingerprint density at radius 1 is 1.07 bits per heavy atom. The van der Waals surface area contributed by atoms with Crippen LogP contribution in [0.3, 0.4) is 0 Å². The number of hydrogen-bond donors (Lipinski definition) is 1. The number of carbonyl (C=O) groups is 1. The number of rotatable bonds is 4. The average molecular weight is 386 g/mol. The topological polar surface area (TPSA) is 46.9 Å². The van der Waals surface area contributed by atoms with E-state index in [0.717, 1.165) is 29.7 Å². The van der Waals surface area contributed by atoms with Gasteiger partial charge in [0.05, 0.1) is 11.4 Å². The third-order valence-corrected chi connectivity index (χ3v) is 7.53. The van der Waals surface area contributed by atoms with Crippen molar-refractivity contribution in [2.75, 3.05) is 0 Å². The van der Waals surface area contributed by atoms with E-state index in [9.17, 15) is 4.79 Å². The highest BCUT2D eigenvalue weighted by Gasteiger charge is 2.63. The summed E-state index contributed by atoms with van der Waals surface area (Å²) in [4.78, 5) is 13.2. The smallest absolute Gasteiger partial charge is 0.272 e. The van der Waals surface area contributed by atoms with Gasteiger partial charge in [0.25, 0.3) is 5.91 Å². The van der Waals surface area contributed by atoms with E-state index >= 15 is 0 Å². The van der Waals surface area contributed by atoms with Crippen molar-refractivity contribution in [3.8, 4) is 5.69 Å². The Balaban J connectivity index is 1.59. The summed E-state index contributed by atoms with van der Waals surface area (Å²) in [5, 5.41) is 7.96. The second-order valence-electron chi connectivity index (χ2n) is 9.17. The molecule has 0 aliphatic heterocycles. The normalized spacial score (nSPS) is 23.8. The maximum Gasteiger partial charge on any atom is 0.272 e. The predicted octanol–water partition coefficient (Wildman–Crippen LogP) is 4.98. The Labute approximate surface area is 172 Å². The van der Waals surface area contributed by atoms with Crippen LogP contribution in [0.2, 0.25) is 0 Å². The van der Waals surface area contributed by atoms with Crippen molar-refractivity contribution in [3.05, 3.63) is 83.2 Å². The molecule has 4 nitrogen and oxygen atoms in total. The SMILES string of the molecule is CC1(C)[C@H]2CC[C@@]1(C)c1c2c(C(=O)NCc2ccccc2)nn1-c1ccccc1. The number of amides is 1. The number of hydrogen-bond acceptors (Lipinski definition) is 2. The molecule has 4 heteroatoms. The molecule has 1 heterocycles. The van der Waals surface area contributed by atoms with Crippen LogP contribution in [0, 0.1) is 5.41 Å². The van der Waals surface area contributed by atoms with E-state index in [1.54, 1.807) is 0 Å². The van der Waals surface area contributed by atoms with Crippen molar-refractivity contribution in [1.29, 1.82) is 0 Å². The molecule has 1 amide bonds. The monoisotopic (exact) mass is 385 g/mol. The lowest BCUT2D eigenvalue weighted by Crippen LogP contribution is -2.33. The fourth-order valence-electron chi connectivity index (χ4n) is 5.51. The molecule has 1 saturated carbocycles. The van der Waals surface area contributed by atoms with Crippen LogP contribution < -0.4 is 5.32 Å². The van der Waals surface area contributed by atoms with Gasteiger partial charge in [0.1, 0.15) is 0 Å². The predicted molar refractivity (Wildman–Crippen MR) is 114 cm³/mol. The van der Waals surface area contributed by atoms with Crippen molar-refractivity contribution in [3.63, 3.8) is 0 Å². The Hall–Kier alpha value is -2.88. The molecular weight excluding hydrogens is 358 g/mol. The Morgan fingerprint density at radius 2 is 1.72 bits per heavy atom. The fourth-order valence-corrected chi connectivity index (χ4v) is 5.51. The van der Waals surface area contributed by atoms with Crippen molar-refractivity contribution in [2.45, 2.75) is 51.5 Å². The number of carbonyl (C=O) groups excluding carboxylic acids is 1. The van der Waals surface area contributed by atoms with Gasteiger partial charge in [0.2, 0.25) is 0 Å². The molecule has 2 aromatic carbocycles. The minimum atomic E-state index is -0.0771. The Kier molecular flexibility index (Phi) is 3.95. The molecule has 5 rings (SSSR count). The average Bonchev–Trinajstić information content (AvgIpc) is 3.30. The summed E-state index contributed by atoms with van der Waals surface area (Å²) in [6.07, 6.45) is 2.26. The van der Waals surface area contributed by atoms with Gasteiger partial charge in [-0.25, -0.2) is 4.68 Å². The van der Waals surface area contributed by atoms with Crippen LogP contribution in [-0.4, -0.2) is 15.7 Å². The van der Waals surface area contributed by atoms with Crippen LogP contribution in [0.25, 0.3) is 5.69 Å². The lowest BCUT2D eigenvalue weighted by Gasteiger charge is -2.35. The highest BCUT2D eigenvalue weighted by atomic mass is 16.2. The zero-order chi connectivity index (χ0) is 20.2. The molecule has 29 heavy (non-hydrogen) atoms. The van der Waals surface area contributed by atoms with Crippen LogP contribution in [-0.2, 0) is 12.0 Å². The number of aromatic nitrogens is 2. The number of nitrogens with one attached hydrogen (secondary N) is 1. The summed E-state index contributed by atoms with van der Waals surface area (Å²) in [6, 6.07) is 20.2. The molecule has 0 saturated heterocycles. The minimum Gasteiger partial charge on any atom is -0.347 e. The standard InChI is InChI=1S/C25H27N3O/c1-24(2)19-14-15-25(24,3)22-20(19)21(27-28(22)18-12-8-5-9-13-18)23(29)26-16-17-10-6-4-7-11-17/h4-13,19H,14-16H2,1-3H3,(H,26,29)/t19-,25-/m0/s1. The molecule has 0 spiro atoms. The molecular formula is C25H27N3O. The van der Waals surface area contributed by atoms with Crippen LogP contribution in [0.5, 0.6) is 0 Å². The fraction of sp³-hybridized carbons (Fsp3) is 0.360. The van der Waals surface area contributed by atoms with E-state index in [2.05, 4.69) is 38.2 Å².